The van der Waals surface area contributed by atoms with E-state index in [4.69, 9.17) is 10.5 Å². The van der Waals surface area contributed by atoms with Gasteiger partial charge in [-0.3, -0.25) is 0 Å². The fourth-order valence-corrected chi connectivity index (χ4v) is 1.73. The number of methoxy groups -OCH3 is 1. The van der Waals surface area contributed by atoms with Crippen LogP contribution in [0.5, 0.6) is 5.75 Å². The Balaban J connectivity index is 2.58. The van der Waals surface area contributed by atoms with Crippen molar-refractivity contribution in [3.8, 4) is 16.9 Å². The molecule has 16 heavy (non-hydrogen) atoms. The maximum atomic E-state index is 5.63. The van der Waals surface area contributed by atoms with Crippen molar-refractivity contribution in [2.75, 3.05) is 12.8 Å². The molecule has 0 spiro atoms. The molecule has 0 bridgehead atoms. The van der Waals surface area contributed by atoms with E-state index >= 15 is 0 Å². The van der Waals surface area contributed by atoms with Crippen LogP contribution in [0.4, 0.5) is 5.82 Å². The summed E-state index contributed by atoms with van der Waals surface area (Å²) < 4.78 is 5.33. The Morgan fingerprint density at radius 2 is 1.94 bits per heavy atom. The number of ether oxygens (including phenoxy) is 1. The van der Waals surface area contributed by atoms with Gasteiger partial charge in [0.1, 0.15) is 11.6 Å². The molecule has 0 unspecified atom stereocenters. The van der Waals surface area contributed by atoms with Gasteiger partial charge in [-0.05, 0) is 24.6 Å². The average Bonchev–Trinajstić information content (AvgIpc) is 2.29. The van der Waals surface area contributed by atoms with E-state index in [0.29, 0.717) is 5.82 Å². The van der Waals surface area contributed by atoms with Crippen molar-refractivity contribution in [1.29, 1.82) is 0 Å². The number of hydrogen-bond donors (Lipinski definition) is 1. The number of nitrogens with two attached hydrogens (primary N) is 1. The van der Waals surface area contributed by atoms with Gasteiger partial charge in [0.25, 0.3) is 0 Å². The first-order valence-corrected chi connectivity index (χ1v) is 5.08. The summed E-state index contributed by atoms with van der Waals surface area (Å²) in [6.45, 7) is 2.01. The molecule has 0 fully saturated rings. The lowest BCUT2D eigenvalue weighted by atomic mass is 10.0. The molecule has 1 aromatic carbocycles. The summed E-state index contributed by atoms with van der Waals surface area (Å²) in [6.07, 6.45) is 1.78. The molecule has 3 heteroatoms. The van der Waals surface area contributed by atoms with Crippen LogP contribution in [-0.2, 0) is 0 Å². The lowest BCUT2D eigenvalue weighted by Gasteiger charge is -2.10. The SMILES string of the molecule is COc1ccccc1-c1cnc(N)cc1C. The van der Waals surface area contributed by atoms with Crippen LogP contribution in [0.15, 0.2) is 36.5 Å². The fourth-order valence-electron chi connectivity index (χ4n) is 1.73. The number of anilines is 1. The molecule has 82 valence electrons. The molecule has 2 N–H and O–H groups in total. The molecular formula is C13H14N2O. The molecular weight excluding hydrogens is 200 g/mol. The van der Waals surface area contributed by atoms with E-state index in [2.05, 4.69) is 4.98 Å². The van der Waals surface area contributed by atoms with Crippen LogP contribution in [-0.4, -0.2) is 12.1 Å². The van der Waals surface area contributed by atoms with Gasteiger partial charge in [-0.25, -0.2) is 4.98 Å². The zero-order valence-corrected chi connectivity index (χ0v) is 9.40. The Morgan fingerprint density at radius 1 is 1.19 bits per heavy atom. The second-order valence-corrected chi connectivity index (χ2v) is 3.62. The lowest BCUT2D eigenvalue weighted by molar-refractivity contribution is 0.416. The first-order chi connectivity index (χ1) is 7.72. The Labute approximate surface area is 94.9 Å². The number of benzene rings is 1. The number of rotatable bonds is 2. The molecule has 0 aliphatic heterocycles. The van der Waals surface area contributed by atoms with E-state index in [1.807, 2.05) is 37.3 Å². The van der Waals surface area contributed by atoms with Gasteiger partial charge in [-0.2, -0.15) is 0 Å². The van der Waals surface area contributed by atoms with Crippen molar-refractivity contribution >= 4 is 5.82 Å². The Morgan fingerprint density at radius 3 is 2.62 bits per heavy atom. The summed E-state index contributed by atoms with van der Waals surface area (Å²) in [5.74, 6) is 1.38. The van der Waals surface area contributed by atoms with Crippen LogP contribution in [0.1, 0.15) is 5.56 Å². The maximum absolute atomic E-state index is 5.63. The number of aromatic nitrogens is 1. The zero-order chi connectivity index (χ0) is 11.5. The third-order valence-electron chi connectivity index (χ3n) is 2.53. The minimum atomic E-state index is 0.538. The Kier molecular flexibility index (Phi) is 2.77. The highest BCUT2D eigenvalue weighted by atomic mass is 16.5. The number of hydrogen-bond acceptors (Lipinski definition) is 3. The third kappa shape index (κ3) is 1.84. The molecule has 0 atom stereocenters. The number of nitrogens with zero attached hydrogens (tertiary/aromatic N) is 1. The molecule has 0 aliphatic carbocycles. The summed E-state index contributed by atoms with van der Waals surface area (Å²) in [5, 5.41) is 0. The van der Waals surface area contributed by atoms with E-state index in [9.17, 15) is 0 Å². The predicted molar refractivity (Wildman–Crippen MR) is 65.4 cm³/mol. The van der Waals surface area contributed by atoms with Gasteiger partial charge in [-0.1, -0.05) is 18.2 Å². The van der Waals surface area contributed by atoms with E-state index < -0.39 is 0 Å². The normalized spacial score (nSPS) is 10.1. The van der Waals surface area contributed by atoms with Crippen LogP contribution < -0.4 is 10.5 Å². The van der Waals surface area contributed by atoms with Crippen LogP contribution in [0.3, 0.4) is 0 Å². The van der Waals surface area contributed by atoms with Crippen molar-refractivity contribution < 1.29 is 4.74 Å². The molecule has 0 radical (unpaired) electrons. The monoisotopic (exact) mass is 214 g/mol. The second kappa shape index (κ2) is 4.23. The van der Waals surface area contributed by atoms with Gasteiger partial charge in [0, 0.05) is 17.3 Å². The van der Waals surface area contributed by atoms with Crippen LogP contribution in [0, 0.1) is 6.92 Å². The largest absolute Gasteiger partial charge is 0.496 e. The van der Waals surface area contributed by atoms with Gasteiger partial charge in [0.15, 0.2) is 0 Å². The molecule has 3 nitrogen and oxygen atoms in total. The molecule has 1 aromatic heterocycles. The summed E-state index contributed by atoms with van der Waals surface area (Å²) in [7, 11) is 1.67. The van der Waals surface area contributed by atoms with Crippen LogP contribution in [0.2, 0.25) is 0 Å². The molecule has 0 amide bonds. The van der Waals surface area contributed by atoms with E-state index in [0.717, 1.165) is 22.4 Å². The maximum Gasteiger partial charge on any atom is 0.126 e. The number of pyridine rings is 1. The highest BCUT2D eigenvalue weighted by molar-refractivity contribution is 5.73. The highest BCUT2D eigenvalue weighted by Crippen LogP contribution is 2.31. The summed E-state index contributed by atoms with van der Waals surface area (Å²) >= 11 is 0. The van der Waals surface area contributed by atoms with Crippen LogP contribution in [0.25, 0.3) is 11.1 Å². The standard InChI is InChI=1S/C13H14N2O/c1-9-7-13(14)15-8-11(9)10-5-3-4-6-12(10)16-2/h3-8H,1-2H3,(H2,14,15). The van der Waals surface area contributed by atoms with E-state index in [-0.39, 0.29) is 0 Å². The van der Waals surface area contributed by atoms with Gasteiger partial charge >= 0.3 is 0 Å². The van der Waals surface area contributed by atoms with Crippen molar-refractivity contribution in [2.45, 2.75) is 6.92 Å². The van der Waals surface area contributed by atoms with Crippen molar-refractivity contribution in [2.24, 2.45) is 0 Å². The number of aryl methyl sites for hydroxylation is 1. The smallest absolute Gasteiger partial charge is 0.126 e. The minimum absolute atomic E-state index is 0.538. The second-order valence-electron chi connectivity index (χ2n) is 3.62. The molecule has 2 rings (SSSR count). The number of nitrogen functional groups attached to an aromatic ring is 1. The molecule has 0 aliphatic rings. The lowest BCUT2D eigenvalue weighted by Crippen LogP contribution is -1.94. The minimum Gasteiger partial charge on any atom is -0.496 e. The summed E-state index contributed by atoms with van der Waals surface area (Å²) in [6, 6.07) is 9.74. The zero-order valence-electron chi connectivity index (χ0n) is 9.40. The van der Waals surface area contributed by atoms with Crippen molar-refractivity contribution in [3.63, 3.8) is 0 Å². The number of para-hydroxylation sites is 1. The topological polar surface area (TPSA) is 48.1 Å². The third-order valence-corrected chi connectivity index (χ3v) is 2.53. The van der Waals surface area contributed by atoms with Crippen molar-refractivity contribution in [1.82, 2.24) is 4.98 Å². The van der Waals surface area contributed by atoms with Gasteiger partial charge < -0.3 is 10.5 Å². The quantitative estimate of drug-likeness (QED) is 0.836. The molecule has 1 heterocycles. The van der Waals surface area contributed by atoms with E-state index in [1.54, 1.807) is 13.3 Å². The van der Waals surface area contributed by atoms with Gasteiger partial charge in [0.2, 0.25) is 0 Å². The molecule has 0 saturated carbocycles. The Hall–Kier alpha value is -2.03. The Bertz CT molecular complexity index is 509. The summed E-state index contributed by atoms with van der Waals surface area (Å²) in [5.41, 5.74) is 8.81. The van der Waals surface area contributed by atoms with Crippen molar-refractivity contribution in [3.05, 3.63) is 42.1 Å². The van der Waals surface area contributed by atoms with Crippen LogP contribution >= 0.6 is 0 Å². The molecule has 2 aromatic rings. The average molecular weight is 214 g/mol. The van der Waals surface area contributed by atoms with Gasteiger partial charge in [0.05, 0.1) is 7.11 Å². The predicted octanol–water partition coefficient (Wildman–Crippen LogP) is 2.65. The van der Waals surface area contributed by atoms with Gasteiger partial charge in [-0.15, -0.1) is 0 Å². The fraction of sp³-hybridized carbons (Fsp3) is 0.154. The first kappa shape index (κ1) is 10.5. The van der Waals surface area contributed by atoms with E-state index in [1.165, 1.54) is 0 Å². The molecule has 0 saturated heterocycles. The highest BCUT2D eigenvalue weighted by Gasteiger charge is 2.07. The summed E-state index contributed by atoms with van der Waals surface area (Å²) in [4.78, 5) is 4.11. The first-order valence-electron chi connectivity index (χ1n) is 5.08.